The largest absolute Gasteiger partial charge is 0.468 e. The highest BCUT2D eigenvalue weighted by atomic mass is 32.2. The predicted octanol–water partition coefficient (Wildman–Crippen LogP) is 4.20. The van der Waals surface area contributed by atoms with Crippen LogP contribution in [0, 0.1) is 10.1 Å². The van der Waals surface area contributed by atoms with Crippen LogP contribution in [0.15, 0.2) is 58.8 Å². The molecule has 0 aromatic heterocycles. The third-order valence-corrected chi connectivity index (χ3v) is 7.09. The van der Waals surface area contributed by atoms with E-state index < -0.39 is 16.9 Å². The second-order valence-electron chi connectivity index (χ2n) is 8.48. The summed E-state index contributed by atoms with van der Waals surface area (Å²) in [5, 5.41) is 11.9. The summed E-state index contributed by atoms with van der Waals surface area (Å²) in [5.74, 6) is -0.497. The van der Waals surface area contributed by atoms with Crippen LogP contribution in [-0.2, 0) is 14.3 Å². The molecule has 0 bridgehead atoms. The molecule has 9 heteroatoms. The van der Waals surface area contributed by atoms with E-state index in [1.807, 2.05) is 29.2 Å². The third kappa shape index (κ3) is 5.48. The number of piperazine rings is 1. The molecule has 8 nitrogen and oxygen atoms in total. The van der Waals surface area contributed by atoms with Crippen LogP contribution in [-0.4, -0.2) is 66.4 Å². The van der Waals surface area contributed by atoms with Gasteiger partial charge < -0.3 is 9.64 Å². The molecule has 1 saturated heterocycles. The number of amides is 1. The molecule has 0 saturated carbocycles. The van der Waals surface area contributed by atoms with Crippen molar-refractivity contribution >= 4 is 34.9 Å². The van der Waals surface area contributed by atoms with Gasteiger partial charge in [0, 0.05) is 36.2 Å². The van der Waals surface area contributed by atoms with Crippen LogP contribution in [0.1, 0.15) is 30.9 Å². The molecule has 3 rings (SSSR count). The highest BCUT2D eigenvalue weighted by Crippen LogP contribution is 2.39. The van der Waals surface area contributed by atoms with Crippen molar-refractivity contribution in [3.05, 3.63) is 70.3 Å². The summed E-state index contributed by atoms with van der Waals surface area (Å²) in [4.78, 5) is 41.4. The van der Waals surface area contributed by atoms with Gasteiger partial charge in [0.2, 0.25) is 0 Å². The van der Waals surface area contributed by atoms with E-state index in [1.54, 1.807) is 19.2 Å². The number of nitro groups is 1. The fourth-order valence-electron chi connectivity index (χ4n) is 3.87. The van der Waals surface area contributed by atoms with Gasteiger partial charge in [-0.1, -0.05) is 56.5 Å². The van der Waals surface area contributed by atoms with Crippen molar-refractivity contribution in [2.75, 3.05) is 33.8 Å². The molecule has 1 heterocycles. The second kappa shape index (κ2) is 10.8. The number of nitrogens with zero attached hydrogens (tertiary/aromatic N) is 3. The summed E-state index contributed by atoms with van der Waals surface area (Å²) in [7, 11) is 3.11. The topological polar surface area (TPSA) is 93.0 Å². The Labute approximate surface area is 203 Å². The molecular weight excluding hydrogens is 454 g/mol. The van der Waals surface area contributed by atoms with Gasteiger partial charge in [-0.25, -0.2) is 0 Å². The number of hydrogen-bond acceptors (Lipinski definition) is 7. The molecule has 34 heavy (non-hydrogen) atoms. The maximum Gasteiger partial charge on any atom is 0.324 e. The third-order valence-electron chi connectivity index (χ3n) is 5.93. The number of carbonyl (C=O) groups excluding carboxylic acids is 2. The number of hydrogen-bond donors (Lipinski definition) is 0. The van der Waals surface area contributed by atoms with Gasteiger partial charge in [-0.3, -0.25) is 24.6 Å². The highest BCUT2D eigenvalue weighted by molar-refractivity contribution is 7.99. The fraction of sp³-hybridized carbons (Fsp3) is 0.360. The second-order valence-corrected chi connectivity index (χ2v) is 9.57. The molecule has 0 aliphatic carbocycles. The summed E-state index contributed by atoms with van der Waals surface area (Å²) >= 11 is 1.34. The monoisotopic (exact) mass is 483 g/mol. The van der Waals surface area contributed by atoms with Crippen molar-refractivity contribution < 1.29 is 19.2 Å². The first-order chi connectivity index (χ1) is 16.1. The Balaban J connectivity index is 1.85. The predicted molar refractivity (Wildman–Crippen MR) is 132 cm³/mol. The van der Waals surface area contributed by atoms with Gasteiger partial charge in [-0.2, -0.15) is 0 Å². The Morgan fingerprint density at radius 2 is 1.88 bits per heavy atom. The molecule has 1 unspecified atom stereocenters. The number of carbonyl (C=O) groups is 2. The van der Waals surface area contributed by atoms with E-state index in [0.29, 0.717) is 23.5 Å². The van der Waals surface area contributed by atoms with E-state index in [2.05, 4.69) is 20.4 Å². The van der Waals surface area contributed by atoms with Crippen molar-refractivity contribution in [3.63, 3.8) is 0 Å². The quantitative estimate of drug-likeness (QED) is 0.252. The number of methoxy groups -OCH3 is 1. The first-order valence-electron chi connectivity index (χ1n) is 11.0. The maximum atomic E-state index is 13.1. The van der Waals surface area contributed by atoms with Gasteiger partial charge in [0.15, 0.2) is 0 Å². The van der Waals surface area contributed by atoms with Crippen LogP contribution < -0.4 is 0 Å². The minimum Gasteiger partial charge on any atom is -0.468 e. The molecule has 180 valence electrons. The fourth-order valence-corrected chi connectivity index (χ4v) is 5.05. The average Bonchev–Trinajstić information content (AvgIpc) is 2.83. The van der Waals surface area contributed by atoms with Crippen LogP contribution in [0.25, 0.3) is 5.57 Å². The van der Waals surface area contributed by atoms with Gasteiger partial charge in [-0.05, 0) is 36.2 Å². The summed E-state index contributed by atoms with van der Waals surface area (Å²) in [6.45, 7) is 9.16. The van der Waals surface area contributed by atoms with Gasteiger partial charge in [0.05, 0.1) is 16.9 Å². The van der Waals surface area contributed by atoms with E-state index in [0.717, 1.165) is 10.5 Å². The lowest BCUT2D eigenvalue weighted by molar-refractivity contribution is -0.387. The summed E-state index contributed by atoms with van der Waals surface area (Å²) in [6.07, 6.45) is 0. The van der Waals surface area contributed by atoms with Crippen LogP contribution in [0.4, 0.5) is 5.69 Å². The Kier molecular flexibility index (Phi) is 8.11. The molecule has 0 radical (unpaired) electrons. The number of nitro benzene ring substituents is 1. The molecule has 1 atom stereocenters. The lowest BCUT2D eigenvalue weighted by Gasteiger charge is -2.38. The molecule has 1 amide bonds. The number of likely N-dealkylation sites (N-methyl/N-ethyl adjacent to an activating group) is 1. The van der Waals surface area contributed by atoms with Crippen molar-refractivity contribution in [2.45, 2.75) is 35.6 Å². The smallest absolute Gasteiger partial charge is 0.324 e. The molecule has 1 fully saturated rings. The SMILES string of the molecule is C=C(C(=O)N1CCN(C)C(C(=O)OC)C1)c1ccc(Sc2ccccc2C(C)C)c([N+](=O)[O-])c1. The molecule has 0 spiro atoms. The minimum atomic E-state index is -0.565. The Hall–Kier alpha value is -3.17. The van der Waals surface area contributed by atoms with Crippen LogP contribution >= 0.6 is 11.8 Å². The molecule has 1 aliphatic rings. The Bertz CT molecular complexity index is 1120. The van der Waals surface area contributed by atoms with E-state index in [1.165, 1.54) is 29.8 Å². The van der Waals surface area contributed by atoms with Gasteiger partial charge >= 0.3 is 5.97 Å². The zero-order valence-corrected chi connectivity index (χ0v) is 20.6. The van der Waals surface area contributed by atoms with Gasteiger partial charge in [0.25, 0.3) is 11.6 Å². The lowest BCUT2D eigenvalue weighted by atomic mass is 10.0. The first-order valence-corrected chi connectivity index (χ1v) is 11.8. The Morgan fingerprint density at radius 3 is 2.53 bits per heavy atom. The van der Waals surface area contributed by atoms with Crippen LogP contribution in [0.5, 0.6) is 0 Å². The summed E-state index contributed by atoms with van der Waals surface area (Å²) < 4.78 is 4.84. The normalized spacial score (nSPS) is 16.4. The number of ether oxygens (including phenoxy) is 1. The number of rotatable bonds is 7. The summed E-state index contributed by atoms with van der Waals surface area (Å²) in [5.41, 5.74) is 1.56. The molecular formula is C25H29N3O5S. The standard InChI is InChI=1S/C25H29N3O5S/c1-16(2)19-8-6-7-9-22(19)34-23-11-10-18(14-20(23)28(31)32)17(3)24(29)27-13-12-26(4)21(15-27)25(30)33-5/h6-11,14,16,21H,3,12-13,15H2,1-2,4-5H3. The van der Waals surface area contributed by atoms with Gasteiger partial charge in [0.1, 0.15) is 6.04 Å². The molecule has 1 aliphatic heterocycles. The molecule has 2 aromatic carbocycles. The van der Waals surface area contributed by atoms with Crippen LogP contribution in [0.3, 0.4) is 0 Å². The molecule has 0 N–H and O–H groups in total. The van der Waals surface area contributed by atoms with Crippen molar-refractivity contribution in [1.82, 2.24) is 9.80 Å². The van der Waals surface area contributed by atoms with E-state index in [9.17, 15) is 19.7 Å². The zero-order valence-electron chi connectivity index (χ0n) is 19.8. The van der Waals surface area contributed by atoms with E-state index in [-0.39, 0.29) is 29.6 Å². The van der Waals surface area contributed by atoms with Gasteiger partial charge in [-0.15, -0.1) is 0 Å². The maximum absolute atomic E-state index is 13.1. The lowest BCUT2D eigenvalue weighted by Crippen LogP contribution is -2.56. The number of benzene rings is 2. The van der Waals surface area contributed by atoms with Crippen molar-refractivity contribution in [1.29, 1.82) is 0 Å². The highest BCUT2D eigenvalue weighted by Gasteiger charge is 2.34. The number of esters is 1. The average molecular weight is 484 g/mol. The van der Waals surface area contributed by atoms with Crippen LogP contribution in [0.2, 0.25) is 0 Å². The van der Waals surface area contributed by atoms with Crippen molar-refractivity contribution in [2.24, 2.45) is 0 Å². The van der Waals surface area contributed by atoms with E-state index in [4.69, 9.17) is 4.74 Å². The zero-order chi connectivity index (χ0) is 25.0. The van der Waals surface area contributed by atoms with E-state index >= 15 is 0 Å². The Morgan fingerprint density at radius 1 is 1.18 bits per heavy atom. The molecule has 2 aromatic rings. The summed E-state index contributed by atoms with van der Waals surface area (Å²) in [6, 6.07) is 12.0. The minimum absolute atomic E-state index is 0.0826. The van der Waals surface area contributed by atoms with Crippen molar-refractivity contribution in [3.8, 4) is 0 Å². The first kappa shape index (κ1) is 25.5.